The molecule has 3 atom stereocenters. The molecule has 2 saturated heterocycles. The molecule has 5 rings (SSSR count). The molecule has 2 aliphatic heterocycles. The van der Waals surface area contributed by atoms with Crippen molar-refractivity contribution in [1.82, 2.24) is 10.0 Å². The van der Waals surface area contributed by atoms with Crippen molar-refractivity contribution in [2.75, 3.05) is 6.54 Å². The summed E-state index contributed by atoms with van der Waals surface area (Å²) in [5, 5.41) is -0.239. The number of sulfone groups is 2. The van der Waals surface area contributed by atoms with Gasteiger partial charge in [0.05, 0.1) is 15.8 Å². The third kappa shape index (κ3) is 3.69. The van der Waals surface area contributed by atoms with Gasteiger partial charge in [0.2, 0.25) is 15.7 Å². The smallest absolute Gasteiger partial charge is 0.239 e. The maximum absolute atomic E-state index is 14.1. The van der Waals surface area contributed by atoms with E-state index in [1.165, 1.54) is 29.3 Å². The molecule has 3 aromatic carbocycles. The first-order chi connectivity index (χ1) is 16.2. The number of hydrogen-bond donors (Lipinski definition) is 0. The molecule has 3 unspecified atom stereocenters. The van der Waals surface area contributed by atoms with Crippen LogP contribution in [0.4, 0.5) is 0 Å². The lowest BCUT2D eigenvalue weighted by Gasteiger charge is -2.26. The molecule has 34 heavy (non-hydrogen) atoms. The molecule has 0 bridgehead atoms. The highest BCUT2D eigenvalue weighted by molar-refractivity contribution is 9.10. The number of nitrogens with zero attached hydrogens (tertiary/aromatic N) is 2. The predicted octanol–water partition coefficient (Wildman–Crippen LogP) is 3.60. The lowest BCUT2D eigenvalue weighted by Crippen LogP contribution is -2.47. The molecule has 2 fully saturated rings. The van der Waals surface area contributed by atoms with Crippen LogP contribution in [0, 0.1) is 0 Å². The van der Waals surface area contributed by atoms with Gasteiger partial charge in [-0.1, -0.05) is 64.5 Å². The van der Waals surface area contributed by atoms with Gasteiger partial charge in [0.25, 0.3) is 0 Å². The number of halogens is 1. The Balaban J connectivity index is 1.77. The van der Waals surface area contributed by atoms with Crippen molar-refractivity contribution in [2.24, 2.45) is 0 Å². The number of carbonyl (C=O) groups excluding carboxylic acids is 1. The second-order valence-corrected chi connectivity index (χ2v) is 13.3. The number of rotatable bonds is 5. The van der Waals surface area contributed by atoms with E-state index in [-0.39, 0.29) is 22.8 Å². The summed E-state index contributed by atoms with van der Waals surface area (Å²) in [6.45, 7) is 0.237. The maximum Gasteiger partial charge on any atom is 0.239 e. The molecule has 0 saturated carbocycles. The highest BCUT2D eigenvalue weighted by atomic mass is 79.9. The summed E-state index contributed by atoms with van der Waals surface area (Å²) in [5.74, 6) is -0.405. The van der Waals surface area contributed by atoms with Crippen molar-refractivity contribution in [3.05, 3.63) is 95.0 Å². The molecule has 0 aromatic heterocycles. The molecule has 2 aliphatic rings. The lowest BCUT2D eigenvalue weighted by atomic mass is 10.0. The minimum atomic E-state index is -4.24. The largest absolute Gasteiger partial charge is 0.273 e. The van der Waals surface area contributed by atoms with Gasteiger partial charge in [0.15, 0.2) is 15.2 Å². The van der Waals surface area contributed by atoms with Crippen LogP contribution in [0.15, 0.2) is 99.2 Å². The van der Waals surface area contributed by atoms with Gasteiger partial charge in [-0.2, -0.15) is 0 Å². The van der Waals surface area contributed by atoms with E-state index in [2.05, 4.69) is 15.9 Å². The minimum absolute atomic E-state index is 0.0187. The fraction of sp³-hybridized carbons (Fsp3) is 0.208. The van der Waals surface area contributed by atoms with Crippen molar-refractivity contribution >= 4 is 41.5 Å². The molecule has 7 nitrogen and oxygen atoms in total. The molecule has 1 amide bonds. The van der Waals surface area contributed by atoms with Crippen LogP contribution in [0.1, 0.15) is 18.0 Å². The Hall–Kier alpha value is -2.53. The van der Waals surface area contributed by atoms with Crippen LogP contribution in [-0.4, -0.2) is 49.9 Å². The zero-order valence-electron chi connectivity index (χ0n) is 17.9. The highest BCUT2D eigenvalue weighted by Gasteiger charge is 2.62. The van der Waals surface area contributed by atoms with Gasteiger partial charge in [-0.25, -0.2) is 21.8 Å². The Kier molecular flexibility index (Phi) is 5.87. The summed E-state index contributed by atoms with van der Waals surface area (Å²) in [7, 11) is -8.42. The van der Waals surface area contributed by atoms with Crippen LogP contribution in [0.25, 0.3) is 0 Å². The normalized spacial score (nSPS) is 23.3. The monoisotopic (exact) mass is 560 g/mol. The Labute approximate surface area is 206 Å². The predicted molar refractivity (Wildman–Crippen MR) is 130 cm³/mol. The van der Waals surface area contributed by atoms with Gasteiger partial charge in [0.1, 0.15) is 5.25 Å². The number of hydrazine groups is 1. The second-order valence-electron chi connectivity index (χ2n) is 8.22. The van der Waals surface area contributed by atoms with Gasteiger partial charge in [-0.05, 0) is 42.0 Å². The van der Waals surface area contributed by atoms with Gasteiger partial charge < -0.3 is 0 Å². The number of fused-ring (bicyclic) bond motifs is 1. The summed E-state index contributed by atoms with van der Waals surface area (Å²) in [6, 6.07) is 21.8. The van der Waals surface area contributed by atoms with Gasteiger partial charge in [-0.3, -0.25) is 9.80 Å². The number of benzene rings is 3. The summed E-state index contributed by atoms with van der Waals surface area (Å²) in [5.41, 5.74) is 0.623. The molecular weight excluding hydrogens is 540 g/mol. The summed E-state index contributed by atoms with van der Waals surface area (Å²) in [4.78, 5) is 13.0. The number of carbonyl (C=O) groups is 1. The fourth-order valence-electron chi connectivity index (χ4n) is 4.77. The zero-order chi connectivity index (χ0) is 24.1. The quantitative estimate of drug-likeness (QED) is 0.473. The van der Waals surface area contributed by atoms with Crippen LogP contribution in [-0.2, 0) is 24.5 Å². The highest BCUT2D eigenvalue weighted by Crippen LogP contribution is 2.48. The fourth-order valence-corrected chi connectivity index (χ4v) is 9.64. The Morgan fingerprint density at radius 3 is 1.82 bits per heavy atom. The molecule has 2 heterocycles. The summed E-state index contributed by atoms with van der Waals surface area (Å²) < 4.78 is 56.9. The average molecular weight is 561 g/mol. The van der Waals surface area contributed by atoms with Crippen LogP contribution < -0.4 is 0 Å². The zero-order valence-corrected chi connectivity index (χ0v) is 21.1. The van der Waals surface area contributed by atoms with Crippen molar-refractivity contribution in [1.29, 1.82) is 0 Å². The van der Waals surface area contributed by atoms with Crippen LogP contribution in [0.2, 0.25) is 0 Å². The van der Waals surface area contributed by atoms with Gasteiger partial charge in [-0.15, -0.1) is 0 Å². The Morgan fingerprint density at radius 2 is 1.26 bits per heavy atom. The first kappa shape index (κ1) is 23.2. The maximum atomic E-state index is 14.1. The number of hydrogen-bond acceptors (Lipinski definition) is 6. The second kappa shape index (κ2) is 8.60. The number of amides is 1. The van der Waals surface area contributed by atoms with E-state index in [1.807, 2.05) is 0 Å². The van der Waals surface area contributed by atoms with E-state index in [1.54, 1.807) is 65.7 Å². The first-order valence-electron chi connectivity index (χ1n) is 10.6. The molecule has 0 aliphatic carbocycles. The van der Waals surface area contributed by atoms with Crippen molar-refractivity contribution in [3.8, 4) is 0 Å². The Morgan fingerprint density at radius 1 is 0.735 bits per heavy atom. The van der Waals surface area contributed by atoms with Crippen molar-refractivity contribution in [3.63, 3.8) is 0 Å². The standard InChI is InChI=1S/C24H21BrN2O5S2/c25-18-13-11-17(12-14-18)22-23(33(29,30)19-7-3-1-4-8-19)24(27-21(28)15-16-26(22)27)34(31,32)20-9-5-2-6-10-20/h1-14,22-24H,15-16H2. The molecule has 0 N–H and O–H groups in total. The first-order valence-corrected chi connectivity index (χ1v) is 14.5. The summed E-state index contributed by atoms with van der Waals surface area (Å²) in [6.07, 6.45) is 0.117. The van der Waals surface area contributed by atoms with E-state index in [0.717, 1.165) is 4.47 Å². The molecule has 10 heteroatoms. The molecule has 176 valence electrons. The van der Waals surface area contributed by atoms with Crippen molar-refractivity contribution < 1.29 is 21.6 Å². The van der Waals surface area contributed by atoms with Crippen LogP contribution >= 0.6 is 15.9 Å². The van der Waals surface area contributed by atoms with E-state index in [4.69, 9.17) is 0 Å². The van der Waals surface area contributed by atoms with E-state index >= 15 is 0 Å². The van der Waals surface area contributed by atoms with E-state index < -0.39 is 42.2 Å². The van der Waals surface area contributed by atoms with Crippen LogP contribution in [0.5, 0.6) is 0 Å². The third-order valence-electron chi connectivity index (χ3n) is 6.27. The topological polar surface area (TPSA) is 91.8 Å². The third-order valence-corrected chi connectivity index (χ3v) is 11.2. The van der Waals surface area contributed by atoms with Crippen LogP contribution in [0.3, 0.4) is 0 Å². The van der Waals surface area contributed by atoms with E-state index in [9.17, 15) is 21.6 Å². The molecular formula is C24H21BrN2O5S2. The van der Waals surface area contributed by atoms with Gasteiger partial charge in [0, 0.05) is 17.4 Å². The Bertz CT molecular complexity index is 1430. The molecule has 0 spiro atoms. The van der Waals surface area contributed by atoms with Crippen molar-refractivity contribution in [2.45, 2.75) is 32.9 Å². The lowest BCUT2D eigenvalue weighted by molar-refractivity contribution is -0.136. The molecule has 3 aromatic rings. The SMILES string of the molecule is O=C1CCN2C(c3ccc(Br)cc3)C(S(=O)(=O)c3ccccc3)C(S(=O)(=O)c3ccccc3)N12. The summed E-state index contributed by atoms with van der Waals surface area (Å²) >= 11 is 3.39. The molecule has 0 radical (unpaired) electrons. The van der Waals surface area contributed by atoms with Gasteiger partial charge >= 0.3 is 0 Å². The average Bonchev–Trinajstić information content (AvgIpc) is 3.39. The minimum Gasteiger partial charge on any atom is -0.273 e. The van der Waals surface area contributed by atoms with E-state index in [0.29, 0.717) is 5.56 Å².